The van der Waals surface area contributed by atoms with E-state index in [0.717, 1.165) is 11.5 Å². The number of para-hydroxylation sites is 1. The number of aromatic nitrogens is 1. The molecule has 0 saturated carbocycles. The Hall–Kier alpha value is -1.64. The number of nitrogens with two attached hydrogens (primary N) is 1. The zero-order chi connectivity index (χ0) is 15.9. The largest absolute Gasteiger partial charge is 0.364 e. The minimum atomic E-state index is -3.77. The number of nitrogens with one attached hydrogen (secondary N) is 1. The number of benzene rings is 1. The van der Waals surface area contributed by atoms with E-state index >= 15 is 0 Å². The summed E-state index contributed by atoms with van der Waals surface area (Å²) in [5, 5.41) is 0.496. The Kier molecular flexibility index (Phi) is 3.84. The highest BCUT2D eigenvalue weighted by Gasteiger charge is 2.33. The molecule has 0 bridgehead atoms. The lowest BCUT2D eigenvalue weighted by molar-refractivity contribution is 0.0993. The summed E-state index contributed by atoms with van der Waals surface area (Å²) < 4.78 is 27.4. The first-order chi connectivity index (χ1) is 10.4. The molecular formula is C14H17N3O3S2. The summed E-state index contributed by atoms with van der Waals surface area (Å²) >= 11 is 0. The van der Waals surface area contributed by atoms with Crippen LogP contribution in [0.3, 0.4) is 0 Å². The van der Waals surface area contributed by atoms with Gasteiger partial charge in [-0.25, -0.2) is 8.42 Å². The van der Waals surface area contributed by atoms with Gasteiger partial charge in [0.25, 0.3) is 5.91 Å². The van der Waals surface area contributed by atoms with Crippen LogP contribution in [0.15, 0.2) is 29.2 Å². The van der Waals surface area contributed by atoms with E-state index in [1.807, 2.05) is 0 Å². The molecule has 2 heterocycles. The molecule has 1 aromatic heterocycles. The van der Waals surface area contributed by atoms with Crippen molar-refractivity contribution < 1.29 is 13.2 Å². The molecule has 8 heteroatoms. The number of carbonyl (C=O) groups excluding carboxylic acids is 1. The maximum atomic E-state index is 13.0. The second kappa shape index (κ2) is 5.53. The summed E-state index contributed by atoms with van der Waals surface area (Å²) in [6.45, 7) is 0.847. The van der Waals surface area contributed by atoms with Crippen molar-refractivity contribution in [1.29, 1.82) is 0 Å². The van der Waals surface area contributed by atoms with Gasteiger partial charge in [0.05, 0.1) is 0 Å². The molecule has 1 aliphatic heterocycles. The Morgan fingerprint density at radius 1 is 1.27 bits per heavy atom. The molecule has 3 rings (SSSR count). The third-order valence-electron chi connectivity index (χ3n) is 3.76. The Labute approximate surface area is 131 Å². The molecule has 118 valence electrons. The summed E-state index contributed by atoms with van der Waals surface area (Å²) in [5.74, 6) is 4.71. The van der Waals surface area contributed by atoms with Gasteiger partial charge in [0.15, 0.2) is 0 Å². The molecule has 1 saturated heterocycles. The van der Waals surface area contributed by atoms with Crippen LogP contribution in [0.5, 0.6) is 0 Å². The van der Waals surface area contributed by atoms with Crippen LogP contribution < -0.4 is 5.73 Å². The van der Waals surface area contributed by atoms with Gasteiger partial charge in [-0.05, 0) is 6.07 Å². The van der Waals surface area contributed by atoms with Crippen LogP contribution in [0.2, 0.25) is 0 Å². The molecule has 3 N–H and O–H groups in total. The Balaban J connectivity index is 2.17. The van der Waals surface area contributed by atoms with Crippen LogP contribution in [0.25, 0.3) is 10.9 Å². The van der Waals surface area contributed by atoms with Crippen molar-refractivity contribution in [2.45, 2.75) is 4.90 Å². The fourth-order valence-corrected chi connectivity index (χ4v) is 5.78. The highest BCUT2D eigenvalue weighted by molar-refractivity contribution is 8.14. The van der Waals surface area contributed by atoms with Crippen LogP contribution >= 0.6 is 10.5 Å². The molecule has 0 aliphatic carbocycles. The summed E-state index contributed by atoms with van der Waals surface area (Å²) in [5.41, 5.74) is 5.90. The summed E-state index contributed by atoms with van der Waals surface area (Å²) in [4.78, 5) is 14.5. The molecule has 0 radical (unpaired) electrons. The molecule has 1 aromatic carbocycles. The second-order valence-electron chi connectivity index (χ2n) is 5.16. The Morgan fingerprint density at radius 2 is 1.91 bits per heavy atom. The highest BCUT2D eigenvalue weighted by Crippen LogP contribution is 2.31. The van der Waals surface area contributed by atoms with Crippen molar-refractivity contribution in [2.75, 3.05) is 24.6 Å². The minimum Gasteiger partial charge on any atom is -0.364 e. The Bertz CT molecular complexity index is 861. The average molecular weight is 339 g/mol. The first-order valence-electron chi connectivity index (χ1n) is 6.79. The number of hydrogen-bond acceptors (Lipinski definition) is 3. The number of fused-ring (bicyclic) bond motifs is 1. The predicted molar refractivity (Wildman–Crippen MR) is 90.0 cm³/mol. The van der Waals surface area contributed by atoms with Gasteiger partial charge in [0.1, 0.15) is 10.6 Å². The monoisotopic (exact) mass is 339 g/mol. The van der Waals surface area contributed by atoms with Crippen molar-refractivity contribution in [3.63, 3.8) is 0 Å². The van der Waals surface area contributed by atoms with Gasteiger partial charge >= 0.3 is 0 Å². The van der Waals surface area contributed by atoms with Crippen LogP contribution in [-0.2, 0) is 10.0 Å². The lowest BCUT2D eigenvalue weighted by Gasteiger charge is -2.27. The Morgan fingerprint density at radius 3 is 2.55 bits per heavy atom. The molecule has 1 fully saturated rings. The predicted octanol–water partition coefficient (Wildman–Crippen LogP) is 0.972. The molecule has 22 heavy (non-hydrogen) atoms. The third-order valence-corrected chi connectivity index (χ3v) is 7.27. The van der Waals surface area contributed by atoms with Crippen molar-refractivity contribution in [2.24, 2.45) is 5.73 Å². The fraction of sp³-hybridized carbons (Fsp3) is 0.286. The lowest BCUT2D eigenvalue weighted by Crippen LogP contribution is -2.39. The van der Waals surface area contributed by atoms with Gasteiger partial charge in [-0.15, -0.1) is 0 Å². The second-order valence-corrected chi connectivity index (χ2v) is 9.08. The first kappa shape index (κ1) is 15.3. The molecule has 2 aromatic rings. The van der Waals surface area contributed by atoms with Crippen molar-refractivity contribution in [1.82, 2.24) is 9.29 Å². The topological polar surface area (TPSA) is 96.3 Å². The number of nitrogens with zero attached hydrogens (tertiary/aromatic N) is 1. The quantitative estimate of drug-likeness (QED) is 0.816. The van der Waals surface area contributed by atoms with E-state index < -0.39 is 15.9 Å². The molecular weight excluding hydrogens is 322 g/mol. The normalized spacial score (nSPS) is 17.8. The van der Waals surface area contributed by atoms with E-state index in [1.165, 1.54) is 4.31 Å². The zero-order valence-corrected chi connectivity index (χ0v) is 13.5. The standard InChI is InChI=1S/C14H17N3O3S2/c1-21-8-6-17(7-9-21)22(19,20)13-10-4-2-3-5-11(10)16-12(13)14(15)18/h2-5,16H,1,6-9H2,(H2,15,18). The van der Waals surface area contributed by atoms with Gasteiger partial charge in [0.2, 0.25) is 10.0 Å². The van der Waals surface area contributed by atoms with Crippen LogP contribution in [0.4, 0.5) is 0 Å². The summed E-state index contributed by atoms with van der Waals surface area (Å²) in [6.07, 6.45) is 0. The number of H-pyrrole nitrogens is 1. The maximum absolute atomic E-state index is 13.0. The molecule has 0 spiro atoms. The van der Waals surface area contributed by atoms with Gasteiger partial charge in [-0.2, -0.15) is 14.8 Å². The number of primary amides is 1. The van der Waals surface area contributed by atoms with Crippen molar-refractivity contribution in [3.8, 4) is 0 Å². The number of hydrogen-bond donors (Lipinski definition) is 2. The summed E-state index contributed by atoms with van der Waals surface area (Å²) in [7, 11) is -3.76. The van der Waals surface area contributed by atoms with Crippen LogP contribution in [0, 0.1) is 0 Å². The molecule has 0 unspecified atom stereocenters. The van der Waals surface area contributed by atoms with Crippen molar-refractivity contribution >= 4 is 43.2 Å². The summed E-state index contributed by atoms with van der Waals surface area (Å²) in [6, 6.07) is 6.92. The number of amides is 1. The minimum absolute atomic E-state index is 0.0107. The average Bonchev–Trinajstić information content (AvgIpc) is 2.88. The number of sulfonamides is 1. The smallest absolute Gasteiger partial charge is 0.266 e. The van der Waals surface area contributed by atoms with E-state index in [4.69, 9.17) is 5.73 Å². The van der Waals surface area contributed by atoms with E-state index in [2.05, 4.69) is 10.9 Å². The maximum Gasteiger partial charge on any atom is 0.266 e. The van der Waals surface area contributed by atoms with Crippen LogP contribution in [-0.4, -0.2) is 54.1 Å². The molecule has 0 atom stereocenters. The van der Waals surface area contributed by atoms with E-state index in [-0.39, 0.29) is 21.1 Å². The first-order valence-corrected chi connectivity index (χ1v) is 9.96. The van der Waals surface area contributed by atoms with E-state index in [1.54, 1.807) is 24.3 Å². The SMILES string of the molecule is C=S1CCN(S(=O)(=O)c2c(C(N)=O)[nH]c3ccccc23)CC1. The highest BCUT2D eigenvalue weighted by atomic mass is 32.2. The van der Waals surface area contributed by atoms with E-state index in [9.17, 15) is 13.2 Å². The van der Waals surface area contributed by atoms with Crippen LogP contribution in [0.1, 0.15) is 10.5 Å². The zero-order valence-electron chi connectivity index (χ0n) is 11.9. The molecule has 1 amide bonds. The third kappa shape index (κ3) is 2.47. The van der Waals surface area contributed by atoms with Gasteiger partial charge in [-0.1, -0.05) is 24.1 Å². The lowest BCUT2D eigenvalue weighted by atomic mass is 10.2. The number of carbonyl (C=O) groups is 1. The fourth-order valence-electron chi connectivity index (χ4n) is 2.60. The van der Waals surface area contributed by atoms with Gasteiger partial charge in [0, 0.05) is 35.5 Å². The van der Waals surface area contributed by atoms with E-state index in [0.29, 0.717) is 24.0 Å². The molecule has 1 aliphatic rings. The number of rotatable bonds is 3. The van der Waals surface area contributed by atoms with Gasteiger partial charge in [-0.3, -0.25) is 4.79 Å². The molecule has 6 nitrogen and oxygen atoms in total. The van der Waals surface area contributed by atoms with Gasteiger partial charge < -0.3 is 10.7 Å². The van der Waals surface area contributed by atoms with Crippen molar-refractivity contribution in [3.05, 3.63) is 30.0 Å². The number of aromatic amines is 1.